The van der Waals surface area contributed by atoms with Gasteiger partial charge in [0.25, 0.3) is 5.91 Å². The summed E-state index contributed by atoms with van der Waals surface area (Å²) in [6.07, 6.45) is 3.03. The molecule has 0 aliphatic rings. The summed E-state index contributed by atoms with van der Waals surface area (Å²) in [5.41, 5.74) is 1.53. The van der Waals surface area contributed by atoms with E-state index in [4.69, 9.17) is 4.74 Å². The van der Waals surface area contributed by atoms with Crippen molar-refractivity contribution in [1.29, 1.82) is 0 Å². The van der Waals surface area contributed by atoms with Gasteiger partial charge >= 0.3 is 5.97 Å². The van der Waals surface area contributed by atoms with Crippen molar-refractivity contribution in [3.05, 3.63) is 71.8 Å². The molecule has 0 aliphatic carbocycles. The molecule has 0 fully saturated rings. The molecular weight excluding hydrogens is 318 g/mol. The van der Waals surface area contributed by atoms with Crippen LogP contribution in [0.4, 0.5) is 0 Å². The van der Waals surface area contributed by atoms with Crippen LogP contribution in [0.3, 0.4) is 0 Å². The largest absolute Gasteiger partial charge is 0.492 e. The van der Waals surface area contributed by atoms with Crippen molar-refractivity contribution in [3.8, 4) is 5.75 Å². The molecule has 2 aromatic carbocycles. The average Bonchev–Trinajstić information content (AvgIpc) is 2.67. The van der Waals surface area contributed by atoms with Crippen LogP contribution in [0, 0.1) is 0 Å². The van der Waals surface area contributed by atoms with Gasteiger partial charge in [0.1, 0.15) is 12.4 Å². The number of esters is 1. The van der Waals surface area contributed by atoms with Crippen molar-refractivity contribution in [2.75, 3.05) is 27.3 Å². The molecule has 0 radical (unpaired) electrons. The molecule has 5 nitrogen and oxygen atoms in total. The van der Waals surface area contributed by atoms with E-state index < -0.39 is 5.97 Å². The summed E-state index contributed by atoms with van der Waals surface area (Å²) in [5, 5.41) is 0. The highest BCUT2D eigenvalue weighted by atomic mass is 16.5. The zero-order chi connectivity index (χ0) is 18.1. The van der Waals surface area contributed by atoms with E-state index in [1.165, 1.54) is 13.2 Å². The highest BCUT2D eigenvalue weighted by Gasteiger charge is 2.10. The van der Waals surface area contributed by atoms with Crippen molar-refractivity contribution >= 4 is 18.0 Å². The van der Waals surface area contributed by atoms with Gasteiger partial charge in [-0.05, 0) is 35.9 Å². The molecule has 25 heavy (non-hydrogen) atoms. The van der Waals surface area contributed by atoms with Gasteiger partial charge in [0, 0.05) is 18.7 Å². The van der Waals surface area contributed by atoms with E-state index in [1.807, 2.05) is 42.5 Å². The molecule has 0 heterocycles. The molecule has 2 rings (SSSR count). The Morgan fingerprint density at radius 2 is 1.72 bits per heavy atom. The third-order valence-electron chi connectivity index (χ3n) is 3.56. The van der Waals surface area contributed by atoms with Crippen LogP contribution in [0.15, 0.2) is 60.7 Å². The lowest BCUT2D eigenvalue weighted by atomic mass is 10.2. The number of carbonyl (C=O) groups excluding carboxylic acids is 2. The summed E-state index contributed by atoms with van der Waals surface area (Å²) in [5.74, 6) is 0.273. The number of hydrogen-bond acceptors (Lipinski definition) is 4. The van der Waals surface area contributed by atoms with Crippen LogP contribution in [0.25, 0.3) is 6.08 Å². The van der Waals surface area contributed by atoms with Crippen LogP contribution in [0.5, 0.6) is 5.75 Å². The number of nitrogens with zero attached hydrogens (tertiary/aromatic N) is 1. The lowest BCUT2D eigenvalue weighted by Gasteiger charge is -2.17. The van der Waals surface area contributed by atoms with Gasteiger partial charge in [-0.25, -0.2) is 4.79 Å². The molecule has 0 unspecified atom stereocenters. The van der Waals surface area contributed by atoms with Crippen LogP contribution in [0.1, 0.15) is 15.9 Å². The number of benzene rings is 2. The van der Waals surface area contributed by atoms with Gasteiger partial charge < -0.3 is 14.4 Å². The van der Waals surface area contributed by atoms with E-state index >= 15 is 0 Å². The van der Waals surface area contributed by atoms with Crippen molar-refractivity contribution in [2.24, 2.45) is 0 Å². The Labute approximate surface area is 147 Å². The highest BCUT2D eigenvalue weighted by molar-refractivity contribution is 5.94. The molecule has 130 valence electrons. The monoisotopic (exact) mass is 339 g/mol. The number of likely N-dealkylation sites (N-methyl/N-ethyl adjacent to an activating group) is 1. The number of amides is 1. The summed E-state index contributed by atoms with van der Waals surface area (Å²) < 4.78 is 10.2. The predicted octanol–water partition coefficient (Wildman–Crippen LogP) is 3.02. The van der Waals surface area contributed by atoms with E-state index in [0.717, 1.165) is 5.56 Å². The minimum Gasteiger partial charge on any atom is -0.492 e. The molecule has 0 N–H and O–H groups in total. The maximum atomic E-state index is 12.2. The van der Waals surface area contributed by atoms with Crippen molar-refractivity contribution < 1.29 is 19.1 Å². The minimum atomic E-state index is -0.397. The Morgan fingerprint density at radius 1 is 1.04 bits per heavy atom. The highest BCUT2D eigenvalue weighted by Crippen LogP contribution is 2.13. The first-order valence-electron chi connectivity index (χ1n) is 7.89. The van der Waals surface area contributed by atoms with E-state index in [1.54, 1.807) is 30.2 Å². The smallest absolute Gasteiger partial charge is 0.330 e. The third-order valence-corrected chi connectivity index (χ3v) is 3.56. The predicted molar refractivity (Wildman–Crippen MR) is 96.4 cm³/mol. The maximum absolute atomic E-state index is 12.2. The fourth-order valence-electron chi connectivity index (χ4n) is 2.11. The van der Waals surface area contributed by atoms with Gasteiger partial charge in [-0.2, -0.15) is 0 Å². The Bertz CT molecular complexity index is 723. The average molecular weight is 339 g/mol. The van der Waals surface area contributed by atoms with Crippen molar-refractivity contribution in [3.63, 3.8) is 0 Å². The maximum Gasteiger partial charge on any atom is 0.330 e. The summed E-state index contributed by atoms with van der Waals surface area (Å²) in [7, 11) is 3.09. The Kier molecular flexibility index (Phi) is 6.77. The standard InChI is InChI=1S/C20H21NO4/c1-21(20(23)17-6-4-3-5-7-17)14-15-25-18-11-8-16(9-12-18)10-13-19(22)24-2/h3-13H,14-15H2,1-2H3/b13-10+. The van der Waals surface area contributed by atoms with Gasteiger partial charge in [0.15, 0.2) is 0 Å². The SMILES string of the molecule is COC(=O)/C=C/c1ccc(OCCN(C)C(=O)c2ccccc2)cc1. The van der Waals surface area contributed by atoms with Gasteiger partial charge in [-0.15, -0.1) is 0 Å². The second-order valence-electron chi connectivity index (χ2n) is 5.37. The second kappa shape index (κ2) is 9.27. The Balaban J connectivity index is 1.80. The second-order valence-corrected chi connectivity index (χ2v) is 5.37. The molecule has 0 atom stereocenters. The molecule has 0 aromatic heterocycles. The van der Waals surface area contributed by atoms with Gasteiger partial charge in [0.2, 0.25) is 0 Å². The molecule has 0 bridgehead atoms. The molecule has 5 heteroatoms. The van der Waals surface area contributed by atoms with E-state index in [9.17, 15) is 9.59 Å². The van der Waals surface area contributed by atoms with E-state index in [-0.39, 0.29) is 5.91 Å². The zero-order valence-corrected chi connectivity index (χ0v) is 14.3. The molecule has 0 spiro atoms. The Hall–Kier alpha value is -3.08. The normalized spacial score (nSPS) is 10.5. The first-order chi connectivity index (χ1) is 12.1. The van der Waals surface area contributed by atoms with E-state index in [0.29, 0.717) is 24.5 Å². The first-order valence-corrected chi connectivity index (χ1v) is 7.89. The zero-order valence-electron chi connectivity index (χ0n) is 14.3. The topological polar surface area (TPSA) is 55.8 Å². The fourth-order valence-corrected chi connectivity index (χ4v) is 2.11. The summed E-state index contributed by atoms with van der Waals surface area (Å²) in [6, 6.07) is 16.5. The number of ether oxygens (including phenoxy) is 2. The van der Waals surface area contributed by atoms with Crippen LogP contribution >= 0.6 is 0 Å². The number of rotatable bonds is 7. The molecular formula is C20H21NO4. The van der Waals surface area contributed by atoms with Gasteiger partial charge in [-0.1, -0.05) is 30.3 Å². The third kappa shape index (κ3) is 5.80. The number of hydrogen-bond donors (Lipinski definition) is 0. The lowest BCUT2D eigenvalue weighted by Crippen LogP contribution is -2.30. The lowest BCUT2D eigenvalue weighted by molar-refractivity contribution is -0.134. The van der Waals surface area contributed by atoms with Crippen molar-refractivity contribution in [1.82, 2.24) is 4.90 Å². The first kappa shape index (κ1) is 18.3. The fraction of sp³-hybridized carbons (Fsp3) is 0.200. The summed E-state index contributed by atoms with van der Waals surface area (Å²) in [4.78, 5) is 24.9. The van der Waals surface area contributed by atoms with Crippen LogP contribution < -0.4 is 4.74 Å². The molecule has 0 saturated carbocycles. The van der Waals surface area contributed by atoms with Crippen molar-refractivity contribution in [2.45, 2.75) is 0 Å². The molecule has 2 aromatic rings. The minimum absolute atomic E-state index is 0.0347. The van der Waals surface area contributed by atoms with Crippen LogP contribution in [-0.2, 0) is 9.53 Å². The Morgan fingerprint density at radius 3 is 2.36 bits per heavy atom. The number of methoxy groups -OCH3 is 1. The molecule has 0 saturated heterocycles. The number of carbonyl (C=O) groups is 2. The molecule has 1 amide bonds. The van der Waals surface area contributed by atoms with Gasteiger partial charge in [0.05, 0.1) is 13.7 Å². The van der Waals surface area contributed by atoms with E-state index in [2.05, 4.69) is 4.74 Å². The quantitative estimate of drug-likeness (QED) is 0.575. The summed E-state index contributed by atoms with van der Waals surface area (Å²) >= 11 is 0. The summed E-state index contributed by atoms with van der Waals surface area (Å²) in [6.45, 7) is 0.879. The van der Waals surface area contributed by atoms with Gasteiger partial charge in [-0.3, -0.25) is 4.79 Å². The van der Waals surface area contributed by atoms with Crippen LogP contribution in [0.2, 0.25) is 0 Å². The van der Waals surface area contributed by atoms with Crippen LogP contribution in [-0.4, -0.2) is 44.1 Å². The molecule has 0 aliphatic heterocycles.